The lowest BCUT2D eigenvalue weighted by Gasteiger charge is -2.38. The second-order valence-corrected chi connectivity index (χ2v) is 9.36. The van der Waals surface area contributed by atoms with Crippen LogP contribution in [-0.4, -0.2) is 62.8 Å². The van der Waals surface area contributed by atoms with Crippen molar-refractivity contribution >= 4 is 18.2 Å². The summed E-state index contributed by atoms with van der Waals surface area (Å²) in [7, 11) is 1.96. The molecule has 6 unspecified atom stereocenters. The van der Waals surface area contributed by atoms with Gasteiger partial charge in [0.15, 0.2) is 0 Å². The van der Waals surface area contributed by atoms with Crippen LogP contribution in [0.5, 0.6) is 0 Å². The maximum Gasteiger partial charge on any atom is 0.302 e. The fourth-order valence-corrected chi connectivity index (χ4v) is 4.31. The first-order chi connectivity index (χ1) is 18.2. The molecule has 1 aliphatic heterocycles. The molecule has 1 aromatic carbocycles. The predicted molar refractivity (Wildman–Crippen MR) is 150 cm³/mol. The Hall–Kier alpha value is -2.29. The van der Waals surface area contributed by atoms with Crippen LogP contribution in [0.15, 0.2) is 30.3 Å². The van der Waals surface area contributed by atoms with E-state index >= 15 is 0 Å². The Morgan fingerprint density at radius 1 is 1.13 bits per heavy atom. The molecule has 0 aliphatic carbocycles. The topological polar surface area (TPSA) is 100 Å². The summed E-state index contributed by atoms with van der Waals surface area (Å²) in [5.74, 6) is -0.483. The van der Waals surface area contributed by atoms with Crippen LogP contribution in [0.1, 0.15) is 79.7 Å². The van der Waals surface area contributed by atoms with Gasteiger partial charge in [0.1, 0.15) is 18.5 Å². The zero-order valence-corrected chi connectivity index (χ0v) is 24.7. The molecule has 1 fully saturated rings. The Labute approximate surface area is 230 Å². The van der Waals surface area contributed by atoms with Gasteiger partial charge in [-0.15, -0.1) is 0 Å². The number of rotatable bonds is 13. The third-order valence-electron chi connectivity index (χ3n) is 6.29. The summed E-state index contributed by atoms with van der Waals surface area (Å²) in [5, 5.41) is 3.35. The van der Waals surface area contributed by atoms with Crippen molar-refractivity contribution in [1.82, 2.24) is 5.32 Å². The summed E-state index contributed by atoms with van der Waals surface area (Å²) < 4.78 is 23.1. The zero-order chi connectivity index (χ0) is 28.9. The van der Waals surface area contributed by atoms with E-state index < -0.39 is 12.2 Å². The van der Waals surface area contributed by atoms with Gasteiger partial charge in [-0.1, -0.05) is 65.0 Å². The standard InChI is InChI=1S/C25H39NO6.C3H6O.C2H6/c1-17(15-29-16-21-9-7-6-8-10-21)24(32-20(4)28)13-22(31-19(3)27)14-25-18(2)23(26-5)11-12-30-25;1-2-3-4;1-2/h6-10,17-18,22-26H,11-16H2,1-5H3;3H,2H2,1H3;1-2H3. The summed E-state index contributed by atoms with van der Waals surface area (Å²) in [6.45, 7) is 14.3. The average molecular weight is 538 g/mol. The van der Waals surface area contributed by atoms with Crippen molar-refractivity contribution in [3.8, 4) is 0 Å². The van der Waals surface area contributed by atoms with E-state index in [0.29, 0.717) is 45.1 Å². The minimum atomic E-state index is -0.424. The lowest BCUT2D eigenvalue weighted by molar-refractivity contribution is -0.159. The fourth-order valence-electron chi connectivity index (χ4n) is 4.31. The highest BCUT2D eigenvalue weighted by Crippen LogP contribution is 2.28. The molecule has 0 bridgehead atoms. The largest absolute Gasteiger partial charge is 0.462 e. The second-order valence-electron chi connectivity index (χ2n) is 9.36. The molecule has 1 heterocycles. The molecule has 1 aromatic rings. The van der Waals surface area contributed by atoms with Crippen molar-refractivity contribution < 1.29 is 33.3 Å². The van der Waals surface area contributed by atoms with Crippen LogP contribution in [-0.2, 0) is 39.9 Å². The van der Waals surface area contributed by atoms with Gasteiger partial charge in [0.2, 0.25) is 0 Å². The van der Waals surface area contributed by atoms with Gasteiger partial charge in [-0.2, -0.15) is 0 Å². The van der Waals surface area contributed by atoms with Gasteiger partial charge in [0, 0.05) is 51.7 Å². The fraction of sp³-hybridized carbons (Fsp3) is 0.700. The van der Waals surface area contributed by atoms with Crippen LogP contribution >= 0.6 is 0 Å². The molecular weight excluding hydrogens is 486 g/mol. The molecule has 2 rings (SSSR count). The summed E-state index contributed by atoms with van der Waals surface area (Å²) >= 11 is 0. The van der Waals surface area contributed by atoms with E-state index in [1.807, 2.05) is 65.1 Å². The van der Waals surface area contributed by atoms with Crippen molar-refractivity contribution in [2.24, 2.45) is 11.8 Å². The van der Waals surface area contributed by atoms with E-state index in [-0.39, 0.29) is 29.9 Å². The third kappa shape index (κ3) is 15.2. The highest BCUT2D eigenvalue weighted by atomic mass is 16.6. The van der Waals surface area contributed by atoms with Crippen LogP contribution in [0.4, 0.5) is 0 Å². The summed E-state index contributed by atoms with van der Waals surface area (Å²) in [5.41, 5.74) is 1.09. The van der Waals surface area contributed by atoms with E-state index in [0.717, 1.165) is 18.3 Å². The highest BCUT2D eigenvalue weighted by molar-refractivity contribution is 5.66. The van der Waals surface area contributed by atoms with Crippen molar-refractivity contribution in [3.63, 3.8) is 0 Å². The molecule has 1 N–H and O–H groups in total. The van der Waals surface area contributed by atoms with Crippen molar-refractivity contribution in [1.29, 1.82) is 0 Å². The monoisotopic (exact) mass is 537 g/mol. The van der Waals surface area contributed by atoms with E-state index in [1.165, 1.54) is 13.8 Å². The SMILES string of the molecule is CC.CCC=O.CNC1CCOC(CC(CC(OC(C)=O)C(C)COCc2ccccc2)OC(C)=O)C1C. The average Bonchev–Trinajstić information content (AvgIpc) is 2.90. The number of esters is 2. The molecule has 8 nitrogen and oxygen atoms in total. The zero-order valence-electron chi connectivity index (χ0n) is 24.7. The van der Waals surface area contributed by atoms with Crippen molar-refractivity contribution in [3.05, 3.63) is 35.9 Å². The Morgan fingerprint density at radius 3 is 2.26 bits per heavy atom. The van der Waals surface area contributed by atoms with Crippen LogP contribution in [0.3, 0.4) is 0 Å². The Bertz CT molecular complexity index is 758. The van der Waals surface area contributed by atoms with Crippen LogP contribution in [0.2, 0.25) is 0 Å². The van der Waals surface area contributed by atoms with Gasteiger partial charge in [0.05, 0.1) is 19.3 Å². The van der Waals surface area contributed by atoms with E-state index in [2.05, 4.69) is 12.2 Å². The smallest absolute Gasteiger partial charge is 0.302 e. The van der Waals surface area contributed by atoms with E-state index in [9.17, 15) is 14.4 Å². The quantitative estimate of drug-likeness (QED) is 0.273. The number of carbonyl (C=O) groups excluding carboxylic acids is 3. The van der Waals surface area contributed by atoms with Crippen LogP contribution in [0.25, 0.3) is 0 Å². The predicted octanol–water partition coefficient (Wildman–Crippen LogP) is 5.12. The van der Waals surface area contributed by atoms with Gasteiger partial charge in [-0.05, 0) is 24.9 Å². The number of hydrogen-bond acceptors (Lipinski definition) is 8. The molecule has 0 radical (unpaired) electrons. The molecule has 38 heavy (non-hydrogen) atoms. The Balaban J connectivity index is 0.00000208. The first kappa shape index (κ1) is 35.7. The first-order valence-corrected chi connectivity index (χ1v) is 13.9. The molecular formula is C30H51NO7. The van der Waals surface area contributed by atoms with Crippen LogP contribution < -0.4 is 5.32 Å². The lowest BCUT2D eigenvalue weighted by Crippen LogP contribution is -2.46. The van der Waals surface area contributed by atoms with Gasteiger partial charge < -0.3 is 29.1 Å². The van der Waals surface area contributed by atoms with E-state index in [4.69, 9.17) is 18.9 Å². The normalized spacial score (nSPS) is 20.8. The molecule has 0 saturated carbocycles. The molecule has 218 valence electrons. The van der Waals surface area contributed by atoms with Crippen molar-refractivity contribution in [2.45, 2.75) is 105 Å². The second kappa shape index (κ2) is 21.6. The number of benzene rings is 1. The minimum absolute atomic E-state index is 0.0341. The summed E-state index contributed by atoms with van der Waals surface area (Å²) in [6, 6.07) is 10.3. The minimum Gasteiger partial charge on any atom is -0.462 e. The number of ether oxygens (including phenoxy) is 4. The third-order valence-corrected chi connectivity index (χ3v) is 6.29. The van der Waals surface area contributed by atoms with Gasteiger partial charge >= 0.3 is 11.9 Å². The first-order valence-electron chi connectivity index (χ1n) is 13.9. The highest BCUT2D eigenvalue weighted by Gasteiger charge is 2.34. The number of nitrogens with one attached hydrogen (secondary N) is 1. The van der Waals surface area contributed by atoms with Crippen molar-refractivity contribution in [2.75, 3.05) is 20.3 Å². The van der Waals surface area contributed by atoms with Gasteiger partial charge in [0.25, 0.3) is 0 Å². The number of aldehydes is 1. The van der Waals surface area contributed by atoms with Gasteiger partial charge in [-0.25, -0.2) is 0 Å². The van der Waals surface area contributed by atoms with E-state index in [1.54, 1.807) is 0 Å². The molecule has 0 aromatic heterocycles. The van der Waals surface area contributed by atoms with Gasteiger partial charge in [-0.3, -0.25) is 9.59 Å². The maximum atomic E-state index is 11.8. The molecule has 0 amide bonds. The Kier molecular flexibility index (Phi) is 20.3. The van der Waals surface area contributed by atoms with Crippen LogP contribution in [0, 0.1) is 11.8 Å². The molecule has 1 aliphatic rings. The number of carbonyl (C=O) groups is 3. The number of hydrogen-bond donors (Lipinski definition) is 1. The molecule has 8 heteroatoms. The maximum absolute atomic E-state index is 11.8. The Morgan fingerprint density at radius 2 is 1.74 bits per heavy atom. The molecule has 0 spiro atoms. The molecule has 6 atom stereocenters. The summed E-state index contributed by atoms with van der Waals surface area (Å²) in [6.07, 6.45) is 2.58. The lowest BCUT2D eigenvalue weighted by atomic mass is 9.86. The summed E-state index contributed by atoms with van der Waals surface area (Å²) in [4.78, 5) is 32.7. The molecule has 1 saturated heterocycles.